The lowest BCUT2D eigenvalue weighted by Crippen LogP contribution is -2.25. The van der Waals surface area contributed by atoms with Gasteiger partial charge in [-0.2, -0.15) is 13.2 Å². The summed E-state index contributed by atoms with van der Waals surface area (Å²) in [5, 5.41) is 5.34. The Morgan fingerprint density at radius 1 is 0.725 bits per heavy atom. The van der Waals surface area contributed by atoms with Gasteiger partial charge in [-0.1, -0.05) is 54.6 Å². The number of hydrogen-bond donors (Lipinski definition) is 2. The molecule has 1 aromatic heterocycles. The molecule has 1 heterocycles. The Morgan fingerprint density at radius 2 is 1.35 bits per heavy atom. The first-order valence-electron chi connectivity index (χ1n) is 12.3. The minimum atomic E-state index is -4.56. The molecule has 0 radical (unpaired) electrons. The first-order chi connectivity index (χ1) is 19.3. The quantitative estimate of drug-likeness (QED) is 0.228. The molecule has 0 saturated carbocycles. The topological polar surface area (TPSA) is 84.2 Å². The number of alkyl halides is 3. The van der Waals surface area contributed by atoms with Crippen molar-refractivity contribution in [2.45, 2.75) is 12.7 Å². The van der Waals surface area contributed by atoms with Gasteiger partial charge < -0.3 is 15.1 Å². The van der Waals surface area contributed by atoms with Gasteiger partial charge in [-0.15, -0.1) is 0 Å². The van der Waals surface area contributed by atoms with Crippen LogP contribution in [0.4, 0.5) is 18.9 Å². The molecule has 200 valence electrons. The zero-order chi connectivity index (χ0) is 28.1. The van der Waals surface area contributed by atoms with Gasteiger partial charge in [-0.3, -0.25) is 9.59 Å². The molecule has 6 nitrogen and oxygen atoms in total. The lowest BCUT2D eigenvalue weighted by molar-refractivity contribution is -0.138. The first kappa shape index (κ1) is 26.4. The first-order valence-corrected chi connectivity index (χ1v) is 12.3. The van der Waals surface area contributed by atoms with Crippen LogP contribution in [-0.2, 0) is 12.7 Å². The summed E-state index contributed by atoms with van der Waals surface area (Å²) in [5.74, 6) is -0.655. The minimum Gasteiger partial charge on any atom is -0.435 e. The van der Waals surface area contributed by atoms with Gasteiger partial charge in [0.1, 0.15) is 0 Å². The molecule has 40 heavy (non-hydrogen) atoms. The van der Waals surface area contributed by atoms with E-state index in [0.717, 1.165) is 6.07 Å². The minimum absolute atomic E-state index is 0.0739. The highest BCUT2D eigenvalue weighted by molar-refractivity contribution is 6.04. The highest BCUT2D eigenvalue weighted by atomic mass is 19.4. The van der Waals surface area contributed by atoms with Gasteiger partial charge in [0.05, 0.1) is 5.56 Å². The molecule has 9 heteroatoms. The number of carbonyl (C=O) groups is 2. The number of oxazole rings is 1. The number of anilines is 1. The fraction of sp³-hybridized carbons (Fsp3) is 0.0645. The monoisotopic (exact) mass is 541 g/mol. The van der Waals surface area contributed by atoms with Crippen LogP contribution in [0.2, 0.25) is 0 Å². The maximum Gasteiger partial charge on any atom is 0.416 e. The summed E-state index contributed by atoms with van der Waals surface area (Å²) in [6.45, 7) is -0.355. The van der Waals surface area contributed by atoms with Gasteiger partial charge in [0.15, 0.2) is 11.5 Å². The van der Waals surface area contributed by atoms with Crippen LogP contribution in [0.5, 0.6) is 0 Å². The van der Waals surface area contributed by atoms with Crippen molar-refractivity contribution in [3.05, 3.63) is 132 Å². The fourth-order valence-electron chi connectivity index (χ4n) is 4.08. The molecule has 0 unspecified atom stereocenters. The Balaban J connectivity index is 1.42. The zero-order valence-corrected chi connectivity index (χ0v) is 20.9. The summed E-state index contributed by atoms with van der Waals surface area (Å²) < 4.78 is 46.2. The van der Waals surface area contributed by atoms with Gasteiger partial charge in [0.2, 0.25) is 5.89 Å². The number of aromatic nitrogens is 1. The van der Waals surface area contributed by atoms with Crippen LogP contribution in [0.25, 0.3) is 22.8 Å². The van der Waals surface area contributed by atoms with Gasteiger partial charge in [0, 0.05) is 28.9 Å². The average molecular weight is 542 g/mol. The summed E-state index contributed by atoms with van der Waals surface area (Å²) in [6, 6.07) is 29.3. The van der Waals surface area contributed by atoms with Crippen molar-refractivity contribution >= 4 is 17.5 Å². The smallest absolute Gasteiger partial charge is 0.416 e. The highest BCUT2D eigenvalue weighted by Gasteiger charge is 2.33. The van der Waals surface area contributed by atoms with E-state index in [2.05, 4.69) is 15.6 Å². The molecule has 2 amide bonds. The molecule has 0 aliphatic carbocycles. The number of nitrogens with one attached hydrogen (secondary N) is 2. The third-order valence-electron chi connectivity index (χ3n) is 6.07. The fourth-order valence-corrected chi connectivity index (χ4v) is 4.08. The summed E-state index contributed by atoms with van der Waals surface area (Å²) in [7, 11) is 0. The van der Waals surface area contributed by atoms with E-state index in [1.165, 1.54) is 18.2 Å². The van der Waals surface area contributed by atoms with Crippen LogP contribution < -0.4 is 10.6 Å². The normalized spacial score (nSPS) is 11.2. The van der Waals surface area contributed by atoms with E-state index in [4.69, 9.17) is 4.42 Å². The largest absolute Gasteiger partial charge is 0.435 e. The molecule has 0 aliphatic rings. The molecule has 0 bridgehead atoms. The van der Waals surface area contributed by atoms with Crippen molar-refractivity contribution in [2.75, 3.05) is 5.32 Å². The SMILES string of the molecule is O=C(Nc1ccc(-c2oc(-c3ccccc3)nc2C(=O)NCc2ccccc2C(F)(F)F)cc1)c1ccccc1. The number of rotatable bonds is 7. The summed E-state index contributed by atoms with van der Waals surface area (Å²) >= 11 is 0. The predicted molar refractivity (Wildman–Crippen MR) is 144 cm³/mol. The van der Waals surface area contributed by atoms with Crippen LogP contribution >= 0.6 is 0 Å². The van der Waals surface area contributed by atoms with Crippen LogP contribution in [0.1, 0.15) is 32.0 Å². The average Bonchev–Trinajstić information content (AvgIpc) is 3.43. The highest BCUT2D eigenvalue weighted by Crippen LogP contribution is 2.33. The molecular weight excluding hydrogens is 519 g/mol. The van der Waals surface area contributed by atoms with Crippen LogP contribution in [0.15, 0.2) is 114 Å². The van der Waals surface area contributed by atoms with Gasteiger partial charge in [-0.25, -0.2) is 4.98 Å². The standard InChI is InChI=1S/C31H22F3N3O3/c32-31(33,34)25-14-8-7-13-23(25)19-35-29(39)26-27(40-30(37-26)22-11-5-2-6-12-22)20-15-17-24(18-16-20)36-28(38)21-9-3-1-4-10-21/h1-18H,19H2,(H,35,39)(H,36,38). The van der Waals surface area contributed by atoms with Crippen molar-refractivity contribution in [3.63, 3.8) is 0 Å². The second kappa shape index (κ2) is 11.3. The number of halogens is 3. The van der Waals surface area contributed by atoms with Gasteiger partial charge in [0.25, 0.3) is 11.8 Å². The van der Waals surface area contributed by atoms with Crippen molar-refractivity contribution in [3.8, 4) is 22.8 Å². The summed E-state index contributed by atoms with van der Waals surface area (Å²) in [4.78, 5) is 30.1. The van der Waals surface area contributed by atoms with E-state index in [1.54, 1.807) is 72.8 Å². The molecular formula is C31H22F3N3O3. The number of hydrogen-bond acceptors (Lipinski definition) is 4. The van der Waals surface area contributed by atoms with Gasteiger partial charge in [-0.05, 0) is 60.2 Å². The van der Waals surface area contributed by atoms with Crippen LogP contribution in [0.3, 0.4) is 0 Å². The second-order valence-corrected chi connectivity index (χ2v) is 8.80. The predicted octanol–water partition coefficient (Wildman–Crippen LogP) is 7.21. The Bertz CT molecular complexity index is 1630. The molecule has 4 aromatic carbocycles. The van der Waals surface area contributed by atoms with E-state index >= 15 is 0 Å². The lowest BCUT2D eigenvalue weighted by Gasteiger charge is -2.13. The molecule has 0 saturated heterocycles. The number of benzene rings is 4. The molecule has 0 spiro atoms. The molecule has 5 rings (SSSR count). The van der Waals surface area contributed by atoms with E-state index in [9.17, 15) is 22.8 Å². The number of nitrogens with zero attached hydrogens (tertiary/aromatic N) is 1. The van der Waals surface area contributed by atoms with Crippen LogP contribution in [0, 0.1) is 0 Å². The third kappa shape index (κ3) is 5.94. The molecule has 0 fully saturated rings. The number of amides is 2. The Labute approximate surface area is 227 Å². The maximum absolute atomic E-state index is 13.4. The molecule has 0 aliphatic heterocycles. The Kier molecular flexibility index (Phi) is 7.46. The van der Waals surface area contributed by atoms with Crippen LogP contribution in [-0.4, -0.2) is 16.8 Å². The lowest BCUT2D eigenvalue weighted by atomic mass is 10.1. The zero-order valence-electron chi connectivity index (χ0n) is 20.9. The summed E-state index contributed by atoms with van der Waals surface area (Å²) in [5.41, 5.74) is 1.16. The van der Waals surface area contributed by atoms with E-state index in [0.29, 0.717) is 22.4 Å². The number of carbonyl (C=O) groups excluding carboxylic acids is 2. The Morgan fingerprint density at radius 3 is 2.02 bits per heavy atom. The molecule has 5 aromatic rings. The third-order valence-corrected chi connectivity index (χ3v) is 6.07. The van der Waals surface area contributed by atoms with Crippen molar-refractivity contribution in [1.29, 1.82) is 0 Å². The maximum atomic E-state index is 13.4. The van der Waals surface area contributed by atoms with Gasteiger partial charge >= 0.3 is 6.18 Å². The summed E-state index contributed by atoms with van der Waals surface area (Å²) in [6.07, 6.45) is -4.56. The van der Waals surface area contributed by atoms with Crippen molar-refractivity contribution in [1.82, 2.24) is 10.3 Å². The van der Waals surface area contributed by atoms with E-state index in [-0.39, 0.29) is 35.4 Å². The molecule has 0 atom stereocenters. The Hall–Kier alpha value is -5.18. The van der Waals surface area contributed by atoms with Crippen molar-refractivity contribution < 1.29 is 27.2 Å². The molecule has 2 N–H and O–H groups in total. The van der Waals surface area contributed by atoms with E-state index < -0.39 is 17.6 Å². The second-order valence-electron chi connectivity index (χ2n) is 8.80. The van der Waals surface area contributed by atoms with Crippen molar-refractivity contribution in [2.24, 2.45) is 0 Å². The van der Waals surface area contributed by atoms with E-state index in [1.807, 2.05) is 12.1 Å².